The van der Waals surface area contributed by atoms with Crippen molar-refractivity contribution in [2.45, 2.75) is 30.6 Å². The number of hydrogen-bond acceptors (Lipinski definition) is 5. The number of fused-ring (bicyclic) bond motifs is 2. The Labute approximate surface area is 183 Å². The lowest BCUT2D eigenvalue weighted by atomic mass is 9.77. The Hall–Kier alpha value is -0.990. The van der Waals surface area contributed by atoms with E-state index in [0.717, 1.165) is 5.75 Å². The minimum Gasteiger partial charge on any atom is -0.309 e. The van der Waals surface area contributed by atoms with Gasteiger partial charge >= 0.3 is 0 Å². The first kappa shape index (κ1) is 22.7. The van der Waals surface area contributed by atoms with E-state index in [-0.39, 0.29) is 0 Å². The molecule has 3 aliphatic rings. The molecule has 1 atom stereocenters. The van der Waals surface area contributed by atoms with Crippen molar-refractivity contribution in [2.75, 3.05) is 32.6 Å². The summed E-state index contributed by atoms with van der Waals surface area (Å²) >= 11 is 3.90. The summed E-state index contributed by atoms with van der Waals surface area (Å²) in [7, 11) is 0.758. The highest BCUT2D eigenvalue weighted by Gasteiger charge is 2.30. The van der Waals surface area contributed by atoms with E-state index in [0.29, 0.717) is 12.2 Å². The Balaban J connectivity index is 0.000000431. The van der Waals surface area contributed by atoms with E-state index < -0.39 is 10.1 Å². The van der Waals surface area contributed by atoms with Gasteiger partial charge in [-0.3, -0.25) is 4.55 Å². The van der Waals surface area contributed by atoms with Crippen LogP contribution in [-0.4, -0.2) is 50.5 Å². The van der Waals surface area contributed by atoms with E-state index in [4.69, 9.17) is 4.55 Å². The second kappa shape index (κ2) is 9.88. The zero-order chi connectivity index (χ0) is 21.0. The van der Waals surface area contributed by atoms with Gasteiger partial charge in [0.1, 0.15) is 0 Å². The standard InChI is InChI=1S/C21H25NS2.CH4O3S/c1-22(2)13-15-7-3-4-8-16(15)21-17-9-5-6-10-19(17)24-14-20-18(21)11-12-23-20;1-5(2,3)4/h5-6,9-11,14-15H,3-4,7-8,12-13H2,1-2H3;1H3,(H,2,3,4)/b21-16-;. The highest BCUT2D eigenvalue weighted by Crippen LogP contribution is 2.50. The van der Waals surface area contributed by atoms with Gasteiger partial charge in [0, 0.05) is 22.1 Å². The second-order valence-corrected chi connectivity index (χ2v) is 11.3. The van der Waals surface area contributed by atoms with Gasteiger partial charge in [-0.05, 0) is 67.5 Å². The Bertz CT molecular complexity index is 938. The van der Waals surface area contributed by atoms with Crippen LogP contribution in [0.5, 0.6) is 0 Å². The van der Waals surface area contributed by atoms with E-state index in [1.54, 1.807) is 11.1 Å². The molecule has 4 rings (SSSR count). The van der Waals surface area contributed by atoms with Gasteiger partial charge in [0.25, 0.3) is 10.1 Å². The molecule has 0 amide bonds. The molecule has 0 radical (unpaired) electrons. The zero-order valence-corrected chi connectivity index (χ0v) is 19.7. The molecule has 2 aliphatic heterocycles. The number of thioether (sulfide) groups is 2. The number of benzene rings is 1. The van der Waals surface area contributed by atoms with Crippen LogP contribution in [0.3, 0.4) is 0 Å². The molecule has 4 nitrogen and oxygen atoms in total. The quantitative estimate of drug-likeness (QED) is 0.615. The maximum Gasteiger partial charge on any atom is 0.261 e. The molecule has 1 unspecified atom stereocenters. The molecule has 1 N–H and O–H groups in total. The Morgan fingerprint density at radius 2 is 1.93 bits per heavy atom. The Morgan fingerprint density at radius 1 is 1.21 bits per heavy atom. The van der Waals surface area contributed by atoms with Crippen LogP contribution in [0.15, 0.2) is 56.7 Å². The summed E-state index contributed by atoms with van der Waals surface area (Å²) in [6, 6.07) is 9.01. The SMILES string of the molecule is CN(C)CC1CCCC/C1=C1/C2=CCSC2=CSc2ccccc21.CS(=O)(=O)O. The van der Waals surface area contributed by atoms with E-state index in [2.05, 4.69) is 54.7 Å². The fourth-order valence-electron chi connectivity index (χ4n) is 4.16. The van der Waals surface area contributed by atoms with Crippen LogP contribution in [0, 0.1) is 5.92 Å². The maximum atomic E-state index is 9.19. The summed E-state index contributed by atoms with van der Waals surface area (Å²) in [6.07, 6.45) is 8.50. The third-order valence-electron chi connectivity index (χ3n) is 5.16. The van der Waals surface area contributed by atoms with Gasteiger partial charge in [-0.15, -0.1) is 11.8 Å². The molecule has 29 heavy (non-hydrogen) atoms. The van der Waals surface area contributed by atoms with Gasteiger partial charge in [-0.2, -0.15) is 8.42 Å². The first-order valence-corrected chi connectivity index (χ1v) is 13.6. The number of allylic oxidation sites excluding steroid dienone is 2. The van der Waals surface area contributed by atoms with Crippen molar-refractivity contribution in [1.82, 2.24) is 4.90 Å². The van der Waals surface area contributed by atoms with E-state index in [9.17, 15) is 8.42 Å². The molecular formula is C22H29NO3S3. The molecule has 0 spiro atoms. The molecule has 1 fully saturated rings. The minimum atomic E-state index is -3.67. The van der Waals surface area contributed by atoms with Crippen molar-refractivity contribution < 1.29 is 13.0 Å². The van der Waals surface area contributed by atoms with Crippen molar-refractivity contribution in [3.05, 3.63) is 57.4 Å². The first-order chi connectivity index (χ1) is 13.7. The van der Waals surface area contributed by atoms with Crippen LogP contribution < -0.4 is 0 Å². The molecule has 158 valence electrons. The second-order valence-electron chi connectivity index (χ2n) is 7.86. The third-order valence-corrected chi connectivity index (χ3v) is 7.25. The summed E-state index contributed by atoms with van der Waals surface area (Å²) in [4.78, 5) is 5.26. The van der Waals surface area contributed by atoms with Gasteiger partial charge in [-0.1, -0.05) is 48.0 Å². The minimum absolute atomic E-state index is 0.702. The topological polar surface area (TPSA) is 57.6 Å². The fourth-order valence-corrected chi connectivity index (χ4v) is 6.16. The molecule has 0 aromatic heterocycles. The Kier molecular flexibility index (Phi) is 7.73. The summed E-state index contributed by atoms with van der Waals surface area (Å²) in [5.41, 5.74) is 6.25. The van der Waals surface area contributed by atoms with E-state index >= 15 is 0 Å². The number of nitrogens with zero attached hydrogens (tertiary/aromatic N) is 1. The van der Waals surface area contributed by atoms with Gasteiger partial charge in [-0.25, -0.2) is 0 Å². The summed E-state index contributed by atoms with van der Waals surface area (Å²) in [5.74, 6) is 1.83. The molecule has 2 heterocycles. The molecule has 1 saturated carbocycles. The molecule has 1 aromatic carbocycles. The highest BCUT2D eigenvalue weighted by atomic mass is 32.2. The predicted octanol–water partition coefficient (Wildman–Crippen LogP) is 5.32. The predicted molar refractivity (Wildman–Crippen MR) is 126 cm³/mol. The van der Waals surface area contributed by atoms with Crippen molar-refractivity contribution in [2.24, 2.45) is 5.92 Å². The Morgan fingerprint density at radius 3 is 2.66 bits per heavy atom. The van der Waals surface area contributed by atoms with Crippen LogP contribution in [-0.2, 0) is 10.1 Å². The maximum absolute atomic E-state index is 9.19. The lowest BCUT2D eigenvalue weighted by Crippen LogP contribution is -2.26. The first-order valence-electron chi connectivity index (χ1n) is 9.84. The fraction of sp³-hybridized carbons (Fsp3) is 0.455. The summed E-state index contributed by atoms with van der Waals surface area (Å²) in [6.45, 7) is 1.17. The normalized spacial score (nSPS) is 24.0. The van der Waals surface area contributed by atoms with Gasteiger partial charge in [0.15, 0.2) is 0 Å². The number of hydrogen-bond donors (Lipinski definition) is 1. The van der Waals surface area contributed by atoms with E-state index in [1.807, 2.05) is 23.5 Å². The monoisotopic (exact) mass is 451 g/mol. The van der Waals surface area contributed by atoms with Gasteiger partial charge in [0.2, 0.25) is 0 Å². The average molecular weight is 452 g/mol. The van der Waals surface area contributed by atoms with E-state index in [1.165, 1.54) is 53.2 Å². The largest absolute Gasteiger partial charge is 0.309 e. The average Bonchev–Trinajstić information content (AvgIpc) is 3.03. The van der Waals surface area contributed by atoms with Crippen LogP contribution in [0.1, 0.15) is 31.2 Å². The summed E-state index contributed by atoms with van der Waals surface area (Å²) < 4.78 is 25.9. The molecule has 1 aromatic rings. The van der Waals surface area contributed by atoms with Crippen LogP contribution >= 0.6 is 23.5 Å². The van der Waals surface area contributed by atoms with Crippen molar-refractivity contribution in [3.63, 3.8) is 0 Å². The van der Waals surface area contributed by atoms with Gasteiger partial charge < -0.3 is 4.90 Å². The van der Waals surface area contributed by atoms with Crippen LogP contribution in [0.25, 0.3) is 5.57 Å². The smallest absolute Gasteiger partial charge is 0.261 e. The van der Waals surface area contributed by atoms with Gasteiger partial charge in [0.05, 0.1) is 6.26 Å². The van der Waals surface area contributed by atoms with Crippen LogP contribution in [0.4, 0.5) is 0 Å². The van der Waals surface area contributed by atoms with Crippen molar-refractivity contribution in [1.29, 1.82) is 0 Å². The van der Waals surface area contributed by atoms with Crippen molar-refractivity contribution >= 4 is 39.2 Å². The lowest BCUT2D eigenvalue weighted by molar-refractivity contribution is 0.314. The summed E-state index contributed by atoms with van der Waals surface area (Å²) in [5, 5.41) is 2.37. The van der Waals surface area contributed by atoms with Crippen LogP contribution in [0.2, 0.25) is 0 Å². The molecule has 1 aliphatic carbocycles. The molecule has 0 saturated heterocycles. The molecule has 7 heteroatoms. The third kappa shape index (κ3) is 6.25. The molecule has 0 bridgehead atoms. The molecular weight excluding hydrogens is 422 g/mol. The van der Waals surface area contributed by atoms with Crippen molar-refractivity contribution in [3.8, 4) is 0 Å². The lowest BCUT2D eigenvalue weighted by Gasteiger charge is -2.31. The highest BCUT2D eigenvalue weighted by molar-refractivity contribution is 8.06. The number of rotatable bonds is 2. The zero-order valence-electron chi connectivity index (χ0n) is 17.2.